The molecule has 5 heavy (non-hydrogen) atoms. The van der Waals surface area contributed by atoms with Gasteiger partial charge in [0.25, 0.3) is 0 Å². The Balaban J connectivity index is 0. The Morgan fingerprint density at radius 1 is 1.40 bits per heavy atom. The van der Waals surface area contributed by atoms with Crippen molar-refractivity contribution < 1.29 is 19.5 Å². The second-order valence-corrected chi connectivity index (χ2v) is 1.39. The predicted octanol–water partition coefficient (Wildman–Crippen LogP) is 1.47. The van der Waals surface area contributed by atoms with Gasteiger partial charge in [-0.15, -0.1) is 0 Å². The summed E-state index contributed by atoms with van der Waals surface area (Å²) in [7, 11) is 0. The van der Waals surface area contributed by atoms with Gasteiger partial charge in [0.1, 0.15) is 0 Å². The van der Waals surface area contributed by atoms with Gasteiger partial charge in [-0.1, -0.05) is 20.8 Å². The molecule has 0 saturated carbocycles. The molecule has 0 aromatic rings. The van der Waals surface area contributed by atoms with E-state index in [1.54, 1.807) is 0 Å². The van der Waals surface area contributed by atoms with Gasteiger partial charge >= 0.3 is 0 Å². The SMILES string of the molecule is [CH2]C(C)C.[Rh]. The van der Waals surface area contributed by atoms with Gasteiger partial charge < -0.3 is 0 Å². The summed E-state index contributed by atoms with van der Waals surface area (Å²) in [5.74, 6) is 0.583. The van der Waals surface area contributed by atoms with Crippen LogP contribution in [0.1, 0.15) is 13.8 Å². The maximum Gasteiger partial charge on any atom is 0 e. The van der Waals surface area contributed by atoms with Gasteiger partial charge in [-0.05, 0) is 5.92 Å². The van der Waals surface area contributed by atoms with Crippen LogP contribution in [0.4, 0.5) is 0 Å². The van der Waals surface area contributed by atoms with Crippen LogP contribution in [-0.4, -0.2) is 0 Å². The summed E-state index contributed by atoms with van der Waals surface area (Å²) in [6, 6.07) is 0. The third-order valence-electron chi connectivity index (χ3n) is 0. The Morgan fingerprint density at radius 3 is 1.40 bits per heavy atom. The summed E-state index contributed by atoms with van der Waals surface area (Å²) in [4.78, 5) is 0. The topological polar surface area (TPSA) is 0 Å². The van der Waals surface area contributed by atoms with E-state index in [1.165, 1.54) is 0 Å². The van der Waals surface area contributed by atoms with Crippen LogP contribution in [0.15, 0.2) is 0 Å². The minimum atomic E-state index is 0. The third kappa shape index (κ3) is 81.9. The number of hydrogen-bond acceptors (Lipinski definition) is 0. The minimum Gasteiger partial charge on any atom is -0.0628 e. The van der Waals surface area contributed by atoms with Gasteiger partial charge in [-0.2, -0.15) is 0 Å². The molecule has 0 saturated heterocycles. The summed E-state index contributed by atoms with van der Waals surface area (Å²) in [6.07, 6.45) is 0. The first-order valence-electron chi connectivity index (χ1n) is 1.56. The van der Waals surface area contributed by atoms with Gasteiger partial charge in [-0.3, -0.25) is 0 Å². The number of hydrogen-bond donors (Lipinski definition) is 0. The molecular formula is C4H9Rh. The monoisotopic (exact) mass is 160 g/mol. The zero-order chi connectivity index (χ0) is 3.58. The summed E-state index contributed by atoms with van der Waals surface area (Å²) in [5, 5.41) is 0. The largest absolute Gasteiger partial charge is 0.0628 e. The molecule has 0 rings (SSSR count). The van der Waals surface area contributed by atoms with Crippen LogP contribution in [0.2, 0.25) is 0 Å². The van der Waals surface area contributed by atoms with E-state index < -0.39 is 0 Å². The van der Waals surface area contributed by atoms with Crippen LogP contribution in [0, 0.1) is 12.8 Å². The zero-order valence-electron chi connectivity index (χ0n) is 3.62. The summed E-state index contributed by atoms with van der Waals surface area (Å²) in [5.41, 5.74) is 0. The molecule has 0 fully saturated rings. The van der Waals surface area contributed by atoms with Crippen molar-refractivity contribution in [2.75, 3.05) is 0 Å². The van der Waals surface area contributed by atoms with E-state index in [0.29, 0.717) is 5.92 Å². The van der Waals surface area contributed by atoms with Crippen LogP contribution in [-0.2, 0) is 19.5 Å². The van der Waals surface area contributed by atoms with E-state index in [-0.39, 0.29) is 19.5 Å². The van der Waals surface area contributed by atoms with Crippen molar-refractivity contribution in [1.82, 2.24) is 0 Å². The Bertz CT molecular complexity index is 8.36. The molecular weight excluding hydrogens is 151 g/mol. The molecule has 34 valence electrons. The Hall–Kier alpha value is 0.623. The molecule has 0 unspecified atom stereocenters. The van der Waals surface area contributed by atoms with Crippen molar-refractivity contribution >= 4 is 0 Å². The van der Waals surface area contributed by atoms with E-state index >= 15 is 0 Å². The normalized spacial score (nSPS) is 7.20. The maximum atomic E-state index is 3.64. The first-order valence-corrected chi connectivity index (χ1v) is 1.56. The molecule has 1 heteroatoms. The fraction of sp³-hybridized carbons (Fsp3) is 0.750. The smallest absolute Gasteiger partial charge is 0 e. The van der Waals surface area contributed by atoms with Crippen LogP contribution < -0.4 is 0 Å². The molecule has 0 aromatic heterocycles. The average Bonchev–Trinajstić information content (AvgIpc) is 0.811. The maximum absolute atomic E-state index is 3.64. The molecule has 0 nitrogen and oxygen atoms in total. The summed E-state index contributed by atoms with van der Waals surface area (Å²) < 4.78 is 0. The Kier molecular flexibility index (Phi) is 8.47. The van der Waals surface area contributed by atoms with E-state index in [9.17, 15) is 0 Å². The molecule has 0 bridgehead atoms. The predicted molar refractivity (Wildman–Crippen MR) is 20.2 cm³/mol. The molecule has 2 radical (unpaired) electrons. The molecule has 0 aliphatic rings. The second kappa shape index (κ2) is 4.62. The molecule has 0 aliphatic carbocycles. The van der Waals surface area contributed by atoms with E-state index in [4.69, 9.17) is 0 Å². The number of rotatable bonds is 0. The van der Waals surface area contributed by atoms with Gasteiger partial charge in [0.05, 0.1) is 0 Å². The molecule has 0 spiro atoms. The third-order valence-corrected chi connectivity index (χ3v) is 0. The fourth-order valence-electron chi connectivity index (χ4n) is 0. The van der Waals surface area contributed by atoms with Gasteiger partial charge in [-0.25, -0.2) is 0 Å². The Morgan fingerprint density at radius 2 is 1.40 bits per heavy atom. The van der Waals surface area contributed by atoms with Crippen LogP contribution >= 0.6 is 0 Å². The first-order chi connectivity index (χ1) is 1.73. The van der Waals surface area contributed by atoms with Crippen molar-refractivity contribution in [3.05, 3.63) is 6.92 Å². The van der Waals surface area contributed by atoms with Gasteiger partial charge in [0.15, 0.2) is 0 Å². The van der Waals surface area contributed by atoms with Crippen molar-refractivity contribution in [3.8, 4) is 0 Å². The summed E-state index contributed by atoms with van der Waals surface area (Å²) >= 11 is 0. The van der Waals surface area contributed by atoms with Gasteiger partial charge in [0.2, 0.25) is 0 Å². The fourth-order valence-corrected chi connectivity index (χ4v) is 0. The first kappa shape index (κ1) is 9.16. The standard InChI is InChI=1S/C4H9.Rh/c1-4(2)3;/h4H,1H2,2-3H3;. The molecule has 0 amide bonds. The van der Waals surface area contributed by atoms with E-state index in [0.717, 1.165) is 0 Å². The molecule has 0 heterocycles. The van der Waals surface area contributed by atoms with Crippen LogP contribution in [0.25, 0.3) is 0 Å². The van der Waals surface area contributed by atoms with Gasteiger partial charge in [0, 0.05) is 19.5 Å². The average molecular weight is 160 g/mol. The minimum absolute atomic E-state index is 0. The van der Waals surface area contributed by atoms with Crippen molar-refractivity contribution in [2.24, 2.45) is 5.92 Å². The summed E-state index contributed by atoms with van der Waals surface area (Å²) in [6.45, 7) is 7.75. The van der Waals surface area contributed by atoms with E-state index in [2.05, 4.69) is 20.8 Å². The molecule has 0 N–H and O–H groups in total. The second-order valence-electron chi connectivity index (χ2n) is 1.39. The van der Waals surface area contributed by atoms with Crippen molar-refractivity contribution in [2.45, 2.75) is 13.8 Å². The van der Waals surface area contributed by atoms with Crippen molar-refractivity contribution in [3.63, 3.8) is 0 Å². The molecule has 0 atom stereocenters. The Labute approximate surface area is 46.7 Å². The van der Waals surface area contributed by atoms with Crippen LogP contribution in [0.3, 0.4) is 0 Å². The zero-order valence-corrected chi connectivity index (χ0v) is 5.26. The molecule has 0 aliphatic heterocycles. The van der Waals surface area contributed by atoms with E-state index in [1.807, 2.05) is 0 Å². The molecule has 0 aromatic carbocycles. The van der Waals surface area contributed by atoms with Crippen LogP contribution in [0.5, 0.6) is 0 Å². The van der Waals surface area contributed by atoms with Crippen molar-refractivity contribution in [1.29, 1.82) is 0 Å². The quantitative estimate of drug-likeness (QED) is 0.470.